The highest BCUT2D eigenvalue weighted by Crippen LogP contribution is 2.31. The average molecular weight is 262 g/mol. The van der Waals surface area contributed by atoms with Gasteiger partial charge in [-0.3, -0.25) is 0 Å². The molecule has 2 nitrogen and oxygen atoms in total. The second kappa shape index (κ2) is 5.65. The molecule has 1 fully saturated rings. The smallest absolute Gasteiger partial charge is 0.387 e. The Balaban J connectivity index is 2.12. The van der Waals surface area contributed by atoms with Crippen molar-refractivity contribution in [2.24, 2.45) is 0 Å². The van der Waals surface area contributed by atoms with E-state index in [1.54, 1.807) is 12.1 Å². The molecule has 0 spiro atoms. The molecule has 0 aromatic heterocycles. The molecule has 1 saturated heterocycles. The van der Waals surface area contributed by atoms with Crippen molar-refractivity contribution in [3.63, 3.8) is 0 Å². The number of halogens is 3. The van der Waals surface area contributed by atoms with Crippen LogP contribution < -0.4 is 10.1 Å². The van der Waals surface area contributed by atoms with Gasteiger partial charge in [0.05, 0.1) is 5.02 Å². The van der Waals surface area contributed by atoms with Crippen molar-refractivity contribution in [1.29, 1.82) is 0 Å². The van der Waals surface area contributed by atoms with Crippen LogP contribution in [0.4, 0.5) is 8.78 Å². The normalized spacial score (nSPS) is 20.6. The molecule has 17 heavy (non-hydrogen) atoms. The summed E-state index contributed by atoms with van der Waals surface area (Å²) >= 11 is 5.91. The fourth-order valence-electron chi connectivity index (χ4n) is 2.06. The lowest BCUT2D eigenvalue weighted by Gasteiger charge is -2.24. The van der Waals surface area contributed by atoms with Crippen molar-refractivity contribution in [3.05, 3.63) is 28.8 Å². The molecule has 94 valence electrons. The van der Waals surface area contributed by atoms with Crippen molar-refractivity contribution in [2.75, 3.05) is 6.54 Å². The summed E-state index contributed by atoms with van der Waals surface area (Å²) < 4.78 is 28.4. The topological polar surface area (TPSA) is 21.3 Å². The Hall–Kier alpha value is -0.870. The fraction of sp³-hybridized carbons (Fsp3) is 0.500. The first-order valence-corrected chi connectivity index (χ1v) is 6.02. The highest BCUT2D eigenvalue weighted by atomic mass is 35.5. The van der Waals surface area contributed by atoms with Gasteiger partial charge in [0.25, 0.3) is 0 Å². The van der Waals surface area contributed by atoms with E-state index >= 15 is 0 Å². The maximum atomic E-state index is 12.1. The van der Waals surface area contributed by atoms with Gasteiger partial charge in [-0.1, -0.05) is 24.1 Å². The van der Waals surface area contributed by atoms with Gasteiger partial charge in [0.1, 0.15) is 5.75 Å². The lowest BCUT2D eigenvalue weighted by molar-refractivity contribution is -0.0497. The molecule has 0 bridgehead atoms. The number of ether oxygens (including phenoxy) is 1. The van der Waals surface area contributed by atoms with Crippen LogP contribution in [0.25, 0.3) is 0 Å². The molecule has 1 atom stereocenters. The van der Waals surface area contributed by atoms with Crippen LogP contribution in [0.1, 0.15) is 30.9 Å². The van der Waals surface area contributed by atoms with Gasteiger partial charge in [-0.25, -0.2) is 0 Å². The van der Waals surface area contributed by atoms with Crippen LogP contribution in [0, 0.1) is 0 Å². The molecular formula is C12H14ClF2NO. The van der Waals surface area contributed by atoms with Gasteiger partial charge in [-0.05, 0) is 37.1 Å². The van der Waals surface area contributed by atoms with Crippen LogP contribution in [0.15, 0.2) is 18.2 Å². The summed E-state index contributed by atoms with van der Waals surface area (Å²) in [5, 5.41) is 3.61. The Kier molecular flexibility index (Phi) is 4.18. The highest BCUT2D eigenvalue weighted by Gasteiger charge is 2.16. The third kappa shape index (κ3) is 3.30. The molecule has 1 aromatic rings. The molecule has 1 heterocycles. The maximum absolute atomic E-state index is 12.1. The predicted molar refractivity (Wildman–Crippen MR) is 62.7 cm³/mol. The molecule has 1 aliphatic rings. The van der Waals surface area contributed by atoms with Gasteiger partial charge in [-0.2, -0.15) is 8.78 Å². The van der Waals surface area contributed by atoms with E-state index in [9.17, 15) is 8.78 Å². The molecular weight excluding hydrogens is 248 g/mol. The molecule has 1 unspecified atom stereocenters. The minimum Gasteiger partial charge on any atom is -0.433 e. The van der Waals surface area contributed by atoms with Gasteiger partial charge < -0.3 is 10.1 Å². The van der Waals surface area contributed by atoms with Gasteiger partial charge in [-0.15, -0.1) is 0 Å². The monoisotopic (exact) mass is 261 g/mol. The Labute approximate surface area is 104 Å². The summed E-state index contributed by atoms with van der Waals surface area (Å²) in [7, 11) is 0. The molecule has 2 rings (SSSR count). The van der Waals surface area contributed by atoms with Crippen LogP contribution in [0.3, 0.4) is 0 Å². The number of alkyl halides is 2. The Morgan fingerprint density at radius 2 is 2.18 bits per heavy atom. The van der Waals surface area contributed by atoms with Crippen molar-refractivity contribution in [1.82, 2.24) is 5.32 Å². The number of hydrogen-bond acceptors (Lipinski definition) is 2. The minimum absolute atomic E-state index is 0.0289. The molecule has 5 heteroatoms. The zero-order chi connectivity index (χ0) is 12.3. The van der Waals surface area contributed by atoms with Gasteiger partial charge >= 0.3 is 6.61 Å². The molecule has 1 aliphatic heterocycles. The van der Waals surface area contributed by atoms with Gasteiger partial charge in [0.2, 0.25) is 0 Å². The minimum atomic E-state index is -2.84. The molecule has 1 aromatic carbocycles. The summed E-state index contributed by atoms with van der Waals surface area (Å²) in [6.07, 6.45) is 3.40. The van der Waals surface area contributed by atoms with E-state index in [2.05, 4.69) is 10.1 Å². The third-order valence-corrected chi connectivity index (χ3v) is 3.18. The van der Waals surface area contributed by atoms with Gasteiger partial charge in [0, 0.05) is 6.04 Å². The maximum Gasteiger partial charge on any atom is 0.387 e. The fourth-order valence-corrected chi connectivity index (χ4v) is 2.30. The van der Waals surface area contributed by atoms with E-state index in [0.717, 1.165) is 18.5 Å². The van der Waals surface area contributed by atoms with E-state index in [-0.39, 0.29) is 16.8 Å². The third-order valence-electron chi connectivity index (χ3n) is 2.88. The lowest BCUT2D eigenvalue weighted by Crippen LogP contribution is -2.26. The molecule has 0 radical (unpaired) electrons. The Morgan fingerprint density at radius 3 is 2.76 bits per heavy atom. The number of piperidine rings is 1. The SMILES string of the molecule is FC(F)Oc1ccc(C2CCCCN2)cc1Cl. The zero-order valence-corrected chi connectivity index (χ0v) is 10.0. The molecule has 0 aliphatic carbocycles. The number of nitrogens with one attached hydrogen (secondary N) is 1. The van der Waals surface area contributed by atoms with Crippen LogP contribution in [0.2, 0.25) is 5.02 Å². The number of rotatable bonds is 3. The van der Waals surface area contributed by atoms with E-state index in [1.165, 1.54) is 18.9 Å². The van der Waals surface area contributed by atoms with Crippen molar-refractivity contribution < 1.29 is 13.5 Å². The Morgan fingerprint density at radius 1 is 1.35 bits per heavy atom. The molecule has 0 amide bonds. The van der Waals surface area contributed by atoms with E-state index in [1.807, 2.05) is 0 Å². The molecule has 0 saturated carbocycles. The van der Waals surface area contributed by atoms with E-state index in [0.29, 0.717) is 0 Å². The summed E-state index contributed by atoms with van der Waals surface area (Å²) in [5.41, 5.74) is 1.02. The van der Waals surface area contributed by atoms with Crippen LogP contribution >= 0.6 is 11.6 Å². The van der Waals surface area contributed by atoms with Crippen LogP contribution in [-0.4, -0.2) is 13.2 Å². The molecule has 1 N–H and O–H groups in total. The first-order chi connectivity index (χ1) is 8.16. The summed E-state index contributed by atoms with van der Waals surface area (Å²) in [6, 6.07) is 5.25. The van der Waals surface area contributed by atoms with Crippen molar-refractivity contribution >= 4 is 11.6 Å². The first-order valence-electron chi connectivity index (χ1n) is 5.64. The first kappa shape index (κ1) is 12.6. The van der Waals surface area contributed by atoms with E-state index in [4.69, 9.17) is 11.6 Å². The van der Waals surface area contributed by atoms with Crippen LogP contribution in [0.5, 0.6) is 5.75 Å². The predicted octanol–water partition coefficient (Wildman–Crippen LogP) is 3.76. The van der Waals surface area contributed by atoms with E-state index < -0.39 is 6.61 Å². The summed E-state index contributed by atoms with van der Waals surface area (Å²) in [6.45, 7) is -1.86. The van der Waals surface area contributed by atoms with Crippen molar-refractivity contribution in [2.45, 2.75) is 31.9 Å². The van der Waals surface area contributed by atoms with Crippen molar-refractivity contribution in [3.8, 4) is 5.75 Å². The van der Waals surface area contributed by atoms with Crippen LogP contribution in [-0.2, 0) is 0 Å². The second-order valence-electron chi connectivity index (χ2n) is 4.07. The zero-order valence-electron chi connectivity index (χ0n) is 9.26. The average Bonchev–Trinajstić information content (AvgIpc) is 2.32. The standard InChI is InChI=1S/C12H14ClF2NO/c13-9-7-8(10-3-1-2-6-16-10)4-5-11(9)17-12(14)15/h4-5,7,10,12,16H,1-3,6H2. The lowest BCUT2D eigenvalue weighted by atomic mass is 9.97. The highest BCUT2D eigenvalue weighted by molar-refractivity contribution is 6.32. The summed E-state index contributed by atoms with van der Waals surface area (Å²) in [5.74, 6) is 0.0289. The Bertz CT molecular complexity index is 381. The number of benzene rings is 1. The quantitative estimate of drug-likeness (QED) is 0.895. The number of hydrogen-bond donors (Lipinski definition) is 1. The largest absolute Gasteiger partial charge is 0.433 e. The summed E-state index contributed by atoms with van der Waals surface area (Å²) in [4.78, 5) is 0. The van der Waals surface area contributed by atoms with Gasteiger partial charge in [0.15, 0.2) is 0 Å². The second-order valence-corrected chi connectivity index (χ2v) is 4.48.